The van der Waals surface area contributed by atoms with E-state index in [4.69, 9.17) is 39.6 Å². The summed E-state index contributed by atoms with van der Waals surface area (Å²) in [5.74, 6) is -7.30. The van der Waals surface area contributed by atoms with Gasteiger partial charge in [0.1, 0.15) is 0 Å². The molecule has 12 heteroatoms. The minimum Gasteiger partial charge on any atom is -0.473 e. The molecule has 0 bridgehead atoms. The number of hydrogen-bond acceptors (Lipinski definition) is 8. The van der Waals surface area contributed by atoms with Gasteiger partial charge >= 0.3 is 23.9 Å². The van der Waals surface area contributed by atoms with Crippen LogP contribution >= 0.6 is 0 Å². The maximum Gasteiger partial charge on any atom is 0.414 e. The molecule has 5 aromatic carbocycles. The van der Waals surface area contributed by atoms with Crippen molar-refractivity contribution in [3.8, 4) is 0 Å². The van der Waals surface area contributed by atoms with E-state index in [0.29, 0.717) is 0 Å². The van der Waals surface area contributed by atoms with E-state index in [-0.39, 0.29) is 0 Å². The SMILES string of the molecule is O=C(O)C(=O)O.O=C(O)C(=O)O.c1cc(CNCCCCNc2cccc3ccccc23)cc(CNCCCCNc2cccc3ccccc23)c1. The number of carboxylic acids is 4. The Morgan fingerprint density at radius 3 is 1.17 bits per heavy atom. The number of benzene rings is 5. The van der Waals surface area contributed by atoms with Gasteiger partial charge in [-0.15, -0.1) is 0 Å². The lowest BCUT2D eigenvalue weighted by Gasteiger charge is -2.11. The Bertz CT molecular complexity index is 1730. The molecule has 0 aliphatic rings. The Kier molecular flexibility index (Phi) is 17.6. The molecule has 0 unspecified atom stereocenters. The van der Waals surface area contributed by atoms with Crippen molar-refractivity contribution >= 4 is 56.8 Å². The molecule has 0 aromatic heterocycles. The zero-order valence-corrected chi connectivity index (χ0v) is 28.9. The molecule has 0 atom stereocenters. The van der Waals surface area contributed by atoms with Crippen molar-refractivity contribution in [2.75, 3.05) is 36.8 Å². The highest BCUT2D eigenvalue weighted by molar-refractivity contribution is 6.27. The van der Waals surface area contributed by atoms with E-state index in [1.807, 2.05) is 0 Å². The summed E-state index contributed by atoms with van der Waals surface area (Å²) in [5, 5.41) is 49.2. The first-order valence-corrected chi connectivity index (χ1v) is 17.0. The molecule has 12 nitrogen and oxygen atoms in total. The summed E-state index contributed by atoms with van der Waals surface area (Å²) in [6, 6.07) is 39.0. The zero-order valence-electron chi connectivity index (χ0n) is 28.9. The first-order chi connectivity index (χ1) is 25.2. The number of carboxylic acid groups (broad SMARTS) is 4. The normalized spacial score (nSPS) is 10.3. The van der Waals surface area contributed by atoms with Gasteiger partial charge in [0.15, 0.2) is 0 Å². The molecule has 0 radical (unpaired) electrons. The molecule has 5 rings (SSSR count). The summed E-state index contributed by atoms with van der Waals surface area (Å²) < 4.78 is 0. The van der Waals surface area contributed by atoms with Crippen molar-refractivity contribution < 1.29 is 39.6 Å². The van der Waals surface area contributed by atoms with Crippen LogP contribution in [0, 0.1) is 0 Å². The van der Waals surface area contributed by atoms with E-state index in [0.717, 1.165) is 65.0 Å². The van der Waals surface area contributed by atoms with Gasteiger partial charge in [0.25, 0.3) is 0 Å². The first kappa shape index (κ1) is 40.4. The van der Waals surface area contributed by atoms with E-state index in [1.165, 1.54) is 44.0 Å². The fourth-order valence-corrected chi connectivity index (χ4v) is 5.27. The summed E-state index contributed by atoms with van der Waals surface area (Å²) in [6.45, 7) is 5.90. The lowest BCUT2D eigenvalue weighted by Crippen LogP contribution is -2.17. The molecule has 5 aromatic rings. The summed E-state index contributed by atoms with van der Waals surface area (Å²) in [4.78, 5) is 36.4. The molecule has 0 aliphatic carbocycles. The number of rotatable bonds is 16. The van der Waals surface area contributed by atoms with Crippen LogP contribution in [0.4, 0.5) is 11.4 Å². The lowest BCUT2D eigenvalue weighted by atomic mass is 10.1. The van der Waals surface area contributed by atoms with Gasteiger partial charge in [-0.2, -0.15) is 0 Å². The van der Waals surface area contributed by atoms with E-state index in [9.17, 15) is 0 Å². The maximum absolute atomic E-state index is 9.10. The van der Waals surface area contributed by atoms with Crippen LogP contribution in [0.5, 0.6) is 0 Å². The third-order valence-corrected chi connectivity index (χ3v) is 7.79. The monoisotopic (exact) mass is 710 g/mol. The largest absolute Gasteiger partial charge is 0.473 e. The average molecular weight is 711 g/mol. The molecular weight excluding hydrogens is 664 g/mol. The van der Waals surface area contributed by atoms with Crippen LogP contribution in [0.15, 0.2) is 109 Å². The summed E-state index contributed by atoms with van der Waals surface area (Å²) >= 11 is 0. The van der Waals surface area contributed by atoms with Crippen molar-refractivity contribution in [2.24, 2.45) is 0 Å². The smallest absolute Gasteiger partial charge is 0.414 e. The molecule has 0 amide bonds. The van der Waals surface area contributed by atoms with Crippen molar-refractivity contribution in [3.63, 3.8) is 0 Å². The van der Waals surface area contributed by atoms with E-state index < -0.39 is 23.9 Å². The molecular formula is C40H46N4O8. The van der Waals surface area contributed by atoms with Crippen LogP contribution in [-0.4, -0.2) is 70.5 Å². The minimum atomic E-state index is -1.82. The van der Waals surface area contributed by atoms with Gasteiger partial charge in [-0.3, -0.25) is 0 Å². The Balaban J connectivity index is 0.000000524. The number of carbonyl (C=O) groups is 4. The maximum atomic E-state index is 9.10. The Morgan fingerprint density at radius 2 is 0.769 bits per heavy atom. The van der Waals surface area contributed by atoms with Crippen LogP contribution in [0.25, 0.3) is 21.5 Å². The van der Waals surface area contributed by atoms with Crippen LogP contribution in [0.3, 0.4) is 0 Å². The van der Waals surface area contributed by atoms with Gasteiger partial charge in [-0.05, 0) is 72.8 Å². The van der Waals surface area contributed by atoms with Gasteiger partial charge in [0.05, 0.1) is 0 Å². The van der Waals surface area contributed by atoms with Crippen molar-refractivity contribution in [1.29, 1.82) is 0 Å². The first-order valence-electron chi connectivity index (χ1n) is 17.0. The fourth-order valence-electron chi connectivity index (χ4n) is 5.27. The third kappa shape index (κ3) is 14.9. The lowest BCUT2D eigenvalue weighted by molar-refractivity contribution is -0.159. The number of nitrogens with one attached hydrogen (secondary N) is 4. The van der Waals surface area contributed by atoms with E-state index in [1.54, 1.807) is 0 Å². The van der Waals surface area contributed by atoms with Crippen LogP contribution in [0.2, 0.25) is 0 Å². The zero-order chi connectivity index (χ0) is 37.6. The van der Waals surface area contributed by atoms with Crippen molar-refractivity contribution in [2.45, 2.75) is 38.8 Å². The molecule has 0 saturated heterocycles. The molecule has 0 heterocycles. The number of fused-ring (bicyclic) bond motifs is 2. The Hall–Kier alpha value is -5.98. The second-order valence-corrected chi connectivity index (χ2v) is 11.7. The van der Waals surface area contributed by atoms with Crippen molar-refractivity contribution in [3.05, 3.63) is 120 Å². The molecule has 0 saturated carbocycles. The molecule has 52 heavy (non-hydrogen) atoms. The predicted octanol–water partition coefficient (Wildman–Crippen LogP) is 6.27. The topological polar surface area (TPSA) is 197 Å². The fraction of sp³-hybridized carbons (Fsp3) is 0.250. The average Bonchev–Trinajstić information content (AvgIpc) is 3.14. The third-order valence-electron chi connectivity index (χ3n) is 7.79. The van der Waals surface area contributed by atoms with E-state index >= 15 is 0 Å². The minimum absolute atomic E-state index is 0.921. The summed E-state index contributed by atoms with van der Waals surface area (Å²) in [5.41, 5.74) is 5.17. The predicted molar refractivity (Wildman–Crippen MR) is 204 cm³/mol. The van der Waals surface area contributed by atoms with Crippen LogP contribution in [0.1, 0.15) is 36.8 Å². The Labute approximate surface area is 302 Å². The van der Waals surface area contributed by atoms with Gasteiger partial charge in [0, 0.05) is 48.3 Å². The van der Waals surface area contributed by atoms with Gasteiger partial charge in [-0.25, -0.2) is 19.2 Å². The highest BCUT2D eigenvalue weighted by Crippen LogP contribution is 2.24. The summed E-state index contributed by atoms with van der Waals surface area (Å²) in [6.07, 6.45) is 4.62. The van der Waals surface area contributed by atoms with E-state index in [2.05, 4.69) is 130 Å². The quantitative estimate of drug-likeness (QED) is 0.0423. The standard InChI is InChI=1S/C36H42N4.2C2H2O4/c1-3-18-33-31(14-1)16-10-20-35(33)39-24-7-5-22-37-27-29-12-9-13-30(26-29)28-38-23-6-8-25-40-36-21-11-17-32-15-2-4-19-34(32)36;2*3-1(4)2(5)6/h1-4,9-21,26,37-40H,5-8,22-25,27-28H2;2*(H,3,4)(H,5,6). The number of anilines is 2. The van der Waals surface area contributed by atoms with Gasteiger partial charge < -0.3 is 41.7 Å². The second kappa shape index (κ2) is 22.7. The summed E-state index contributed by atoms with van der Waals surface area (Å²) in [7, 11) is 0. The number of hydrogen-bond donors (Lipinski definition) is 8. The molecule has 0 aliphatic heterocycles. The molecule has 0 fully saturated rings. The second-order valence-electron chi connectivity index (χ2n) is 11.7. The highest BCUT2D eigenvalue weighted by Gasteiger charge is 2.05. The highest BCUT2D eigenvalue weighted by atomic mass is 16.4. The van der Waals surface area contributed by atoms with Gasteiger partial charge in [-0.1, -0.05) is 97.1 Å². The molecule has 8 N–H and O–H groups in total. The number of unbranched alkanes of at least 4 members (excludes halogenated alkanes) is 2. The molecule has 274 valence electrons. The van der Waals surface area contributed by atoms with Crippen LogP contribution in [-0.2, 0) is 32.3 Å². The Morgan fingerprint density at radius 1 is 0.423 bits per heavy atom. The molecule has 0 spiro atoms. The van der Waals surface area contributed by atoms with Crippen molar-refractivity contribution in [1.82, 2.24) is 10.6 Å². The number of aliphatic carboxylic acids is 4. The van der Waals surface area contributed by atoms with Gasteiger partial charge in [0.2, 0.25) is 0 Å². The van der Waals surface area contributed by atoms with Crippen LogP contribution < -0.4 is 21.3 Å².